The summed E-state index contributed by atoms with van der Waals surface area (Å²) in [6.45, 7) is 4.22. The number of amides is 1. The van der Waals surface area contributed by atoms with E-state index in [0.717, 1.165) is 17.5 Å². The van der Waals surface area contributed by atoms with Gasteiger partial charge in [-0.05, 0) is 43.7 Å². The Morgan fingerprint density at radius 2 is 2.28 bits per heavy atom. The number of aromatic nitrogens is 1. The molecule has 1 heterocycles. The lowest BCUT2D eigenvalue weighted by Gasteiger charge is -2.37. The molecular formula is C15H22N2O. The second kappa shape index (κ2) is 5.51. The highest BCUT2D eigenvalue weighted by atomic mass is 16.2. The van der Waals surface area contributed by atoms with Crippen molar-refractivity contribution in [3.63, 3.8) is 0 Å². The number of nitrogens with zero attached hydrogens (tertiary/aromatic N) is 2. The zero-order chi connectivity index (χ0) is 13.1. The summed E-state index contributed by atoms with van der Waals surface area (Å²) in [6.07, 6.45) is 8.18. The van der Waals surface area contributed by atoms with Crippen LogP contribution in [-0.4, -0.2) is 28.9 Å². The first kappa shape index (κ1) is 13.1. The lowest BCUT2D eigenvalue weighted by Crippen LogP contribution is -2.42. The van der Waals surface area contributed by atoms with Crippen molar-refractivity contribution < 1.29 is 4.79 Å². The lowest BCUT2D eigenvalue weighted by molar-refractivity contribution is 0.0628. The molecule has 0 aromatic carbocycles. The van der Waals surface area contributed by atoms with Gasteiger partial charge in [0.25, 0.3) is 5.91 Å². The van der Waals surface area contributed by atoms with E-state index in [4.69, 9.17) is 0 Å². The zero-order valence-electron chi connectivity index (χ0n) is 11.5. The number of aryl methyl sites for hydroxylation is 1. The largest absolute Gasteiger partial charge is 0.339 e. The predicted octanol–water partition coefficient (Wildman–Crippen LogP) is 2.90. The number of carbonyl (C=O) groups is 1. The van der Waals surface area contributed by atoms with E-state index in [1.165, 1.54) is 19.3 Å². The maximum atomic E-state index is 12.5. The topological polar surface area (TPSA) is 33.2 Å². The van der Waals surface area contributed by atoms with Gasteiger partial charge in [0, 0.05) is 31.0 Å². The highest BCUT2D eigenvalue weighted by Crippen LogP contribution is 2.32. The van der Waals surface area contributed by atoms with Gasteiger partial charge in [0.15, 0.2) is 0 Å². The van der Waals surface area contributed by atoms with E-state index in [2.05, 4.69) is 18.8 Å². The van der Waals surface area contributed by atoms with E-state index in [1.54, 1.807) is 12.4 Å². The van der Waals surface area contributed by atoms with Gasteiger partial charge in [-0.15, -0.1) is 0 Å². The smallest absolute Gasteiger partial charge is 0.254 e. The summed E-state index contributed by atoms with van der Waals surface area (Å²) >= 11 is 0. The first-order chi connectivity index (χ1) is 8.65. The van der Waals surface area contributed by atoms with Gasteiger partial charge in [-0.2, -0.15) is 0 Å². The highest BCUT2D eigenvalue weighted by molar-refractivity contribution is 5.95. The minimum Gasteiger partial charge on any atom is -0.339 e. The Balaban J connectivity index is 2.14. The van der Waals surface area contributed by atoms with Crippen LogP contribution < -0.4 is 0 Å². The molecule has 1 aromatic heterocycles. The zero-order valence-corrected chi connectivity index (χ0v) is 11.5. The Labute approximate surface area is 109 Å². The average molecular weight is 246 g/mol. The summed E-state index contributed by atoms with van der Waals surface area (Å²) < 4.78 is 0. The predicted molar refractivity (Wildman–Crippen MR) is 72.5 cm³/mol. The molecule has 0 N–H and O–H groups in total. The van der Waals surface area contributed by atoms with E-state index in [0.29, 0.717) is 12.0 Å². The van der Waals surface area contributed by atoms with Crippen molar-refractivity contribution >= 4 is 5.91 Å². The normalized spacial score (nSPS) is 17.1. The van der Waals surface area contributed by atoms with Gasteiger partial charge in [0.2, 0.25) is 0 Å². The van der Waals surface area contributed by atoms with Crippen LogP contribution in [0, 0.1) is 5.92 Å². The van der Waals surface area contributed by atoms with Crippen LogP contribution in [0.1, 0.15) is 49.0 Å². The third-order valence-electron chi connectivity index (χ3n) is 4.28. The minimum atomic E-state index is 0.133. The Morgan fingerprint density at radius 1 is 1.56 bits per heavy atom. The van der Waals surface area contributed by atoms with Crippen LogP contribution in [0.3, 0.4) is 0 Å². The maximum absolute atomic E-state index is 12.5. The van der Waals surface area contributed by atoms with E-state index in [-0.39, 0.29) is 5.91 Å². The second-order valence-electron chi connectivity index (χ2n) is 5.23. The minimum absolute atomic E-state index is 0.133. The molecule has 1 atom stereocenters. The van der Waals surface area contributed by atoms with E-state index in [1.807, 2.05) is 18.0 Å². The number of rotatable bonds is 4. The van der Waals surface area contributed by atoms with Crippen molar-refractivity contribution in [2.24, 2.45) is 5.92 Å². The van der Waals surface area contributed by atoms with Crippen LogP contribution in [0.15, 0.2) is 18.5 Å². The van der Waals surface area contributed by atoms with Gasteiger partial charge in [-0.25, -0.2) is 0 Å². The SMILES string of the molecule is CCc1cnccc1C(=O)N(C)[C@H](C)C1CCC1. The van der Waals surface area contributed by atoms with Crippen LogP contribution >= 0.6 is 0 Å². The Bertz CT molecular complexity index is 426. The van der Waals surface area contributed by atoms with E-state index >= 15 is 0 Å². The number of hydrogen-bond donors (Lipinski definition) is 0. The molecule has 0 aliphatic heterocycles. The molecule has 0 saturated heterocycles. The molecule has 0 bridgehead atoms. The van der Waals surface area contributed by atoms with Crippen LogP contribution in [0.2, 0.25) is 0 Å². The summed E-state index contributed by atoms with van der Waals surface area (Å²) in [6, 6.07) is 2.18. The molecule has 3 nitrogen and oxygen atoms in total. The molecule has 1 fully saturated rings. The van der Waals surface area contributed by atoms with E-state index < -0.39 is 0 Å². The van der Waals surface area contributed by atoms with Crippen LogP contribution in [0.5, 0.6) is 0 Å². The monoisotopic (exact) mass is 246 g/mol. The molecule has 1 saturated carbocycles. The van der Waals surface area contributed by atoms with Crippen molar-refractivity contribution in [1.29, 1.82) is 0 Å². The number of carbonyl (C=O) groups excluding carboxylic acids is 1. The molecule has 0 unspecified atom stereocenters. The Kier molecular flexibility index (Phi) is 4.00. The summed E-state index contributed by atoms with van der Waals surface area (Å²) in [4.78, 5) is 18.5. The van der Waals surface area contributed by atoms with Gasteiger partial charge in [0.1, 0.15) is 0 Å². The van der Waals surface area contributed by atoms with Crippen molar-refractivity contribution in [3.05, 3.63) is 29.6 Å². The van der Waals surface area contributed by atoms with Gasteiger partial charge < -0.3 is 4.90 Å². The third-order valence-corrected chi connectivity index (χ3v) is 4.28. The standard InChI is InChI=1S/C15H22N2O/c1-4-12-10-16-9-8-14(12)15(18)17(3)11(2)13-6-5-7-13/h8-11,13H,4-7H2,1-3H3/t11-/m1/s1. The molecule has 3 heteroatoms. The maximum Gasteiger partial charge on any atom is 0.254 e. The molecule has 1 aliphatic carbocycles. The molecule has 98 valence electrons. The summed E-state index contributed by atoms with van der Waals surface area (Å²) in [5, 5.41) is 0. The number of pyridine rings is 1. The Hall–Kier alpha value is -1.38. The van der Waals surface area contributed by atoms with Crippen LogP contribution in [0.4, 0.5) is 0 Å². The van der Waals surface area contributed by atoms with Crippen molar-refractivity contribution in [2.45, 2.75) is 45.6 Å². The lowest BCUT2D eigenvalue weighted by atomic mass is 9.80. The fourth-order valence-corrected chi connectivity index (χ4v) is 2.53. The van der Waals surface area contributed by atoms with Gasteiger partial charge in [-0.1, -0.05) is 13.3 Å². The van der Waals surface area contributed by atoms with Crippen LogP contribution in [0.25, 0.3) is 0 Å². The molecule has 18 heavy (non-hydrogen) atoms. The van der Waals surface area contributed by atoms with Crippen molar-refractivity contribution in [3.8, 4) is 0 Å². The summed E-state index contributed by atoms with van der Waals surface area (Å²) in [5.74, 6) is 0.819. The molecule has 1 amide bonds. The van der Waals surface area contributed by atoms with Gasteiger partial charge in [0.05, 0.1) is 0 Å². The molecular weight excluding hydrogens is 224 g/mol. The van der Waals surface area contributed by atoms with E-state index in [9.17, 15) is 4.79 Å². The Morgan fingerprint density at radius 3 is 2.83 bits per heavy atom. The average Bonchev–Trinajstić information content (AvgIpc) is 2.34. The first-order valence-electron chi connectivity index (χ1n) is 6.85. The molecule has 1 aromatic rings. The first-order valence-corrected chi connectivity index (χ1v) is 6.85. The highest BCUT2D eigenvalue weighted by Gasteiger charge is 2.29. The quantitative estimate of drug-likeness (QED) is 0.818. The summed E-state index contributed by atoms with van der Waals surface area (Å²) in [5.41, 5.74) is 1.84. The third kappa shape index (κ3) is 2.40. The summed E-state index contributed by atoms with van der Waals surface area (Å²) in [7, 11) is 1.92. The van der Waals surface area contributed by atoms with Gasteiger partial charge >= 0.3 is 0 Å². The second-order valence-corrected chi connectivity index (χ2v) is 5.23. The van der Waals surface area contributed by atoms with Crippen molar-refractivity contribution in [1.82, 2.24) is 9.88 Å². The number of hydrogen-bond acceptors (Lipinski definition) is 2. The molecule has 2 rings (SSSR count). The molecule has 1 aliphatic rings. The molecule has 0 radical (unpaired) electrons. The van der Waals surface area contributed by atoms with Crippen molar-refractivity contribution in [2.75, 3.05) is 7.05 Å². The van der Waals surface area contributed by atoms with Gasteiger partial charge in [-0.3, -0.25) is 9.78 Å². The molecule has 0 spiro atoms. The van der Waals surface area contributed by atoms with Crippen LogP contribution in [-0.2, 0) is 6.42 Å². The fraction of sp³-hybridized carbons (Fsp3) is 0.600. The fourth-order valence-electron chi connectivity index (χ4n) is 2.53.